The minimum absolute atomic E-state index is 0.000738. The summed E-state index contributed by atoms with van der Waals surface area (Å²) in [5.74, 6) is -4.74. The fraction of sp³-hybridized carbons (Fsp3) is 0.429. The van der Waals surface area contributed by atoms with Crippen molar-refractivity contribution in [2.24, 2.45) is 27.9 Å². The number of carbonyl (C=O) groups excluding carboxylic acids is 6. The zero-order valence-electron chi connectivity index (χ0n) is 25.3. The number of amides is 6. The summed E-state index contributed by atoms with van der Waals surface area (Å²) in [7, 11) is 0. The van der Waals surface area contributed by atoms with Crippen LogP contribution in [0, 0.1) is 0 Å². The second-order valence-corrected chi connectivity index (χ2v) is 10.5. The Balaban J connectivity index is 2.14. The van der Waals surface area contributed by atoms with Crippen molar-refractivity contribution in [2.75, 3.05) is 6.54 Å². The van der Waals surface area contributed by atoms with Crippen molar-refractivity contribution in [3.63, 3.8) is 0 Å². The highest BCUT2D eigenvalue weighted by Gasteiger charge is 2.30. The highest BCUT2D eigenvalue weighted by Crippen LogP contribution is 2.12. The van der Waals surface area contributed by atoms with Crippen LogP contribution >= 0.6 is 0 Å². The van der Waals surface area contributed by atoms with Crippen molar-refractivity contribution in [2.45, 2.75) is 69.6 Å². The molecular weight excluding hydrogens is 602 g/mol. The lowest BCUT2D eigenvalue weighted by Gasteiger charge is -2.25. The number of rotatable bonds is 19. The zero-order chi connectivity index (χ0) is 34.2. The van der Waals surface area contributed by atoms with E-state index in [1.54, 1.807) is 0 Å². The topological polar surface area (TPSA) is 316 Å². The standard InChI is InChI=1S/C28H41N11O7/c1-15(25(44)38-19(24(30)43)11-17-13-33-14-35-17)36-26(45)20(10-16-5-7-18(40)8-6-16)39-27(46)21(12-22(29)41)37-23(42)4-2-3-9-34-28(31)32/h5-8,13-15,19-21,40H,2-4,9-12H2,1H3,(H2,29,41)(H2,30,43)(H,33,35)(H,36,45)(H,37,42)(H,38,44)(H,39,46)(H4,31,32,34). The molecule has 0 bridgehead atoms. The number of phenolic OH excluding ortho intramolecular Hbond substituents is 1. The van der Waals surface area contributed by atoms with E-state index in [1.165, 1.54) is 43.7 Å². The van der Waals surface area contributed by atoms with Gasteiger partial charge >= 0.3 is 0 Å². The first-order valence-corrected chi connectivity index (χ1v) is 14.3. The van der Waals surface area contributed by atoms with Gasteiger partial charge in [-0.1, -0.05) is 12.1 Å². The molecule has 18 heteroatoms. The molecule has 0 saturated carbocycles. The lowest BCUT2D eigenvalue weighted by molar-refractivity contribution is -0.134. The molecular formula is C28H41N11O7. The van der Waals surface area contributed by atoms with E-state index in [0.29, 0.717) is 30.6 Å². The summed E-state index contributed by atoms with van der Waals surface area (Å²) in [5.41, 5.74) is 22.4. The number of primary amides is 2. The number of benzene rings is 1. The first-order valence-electron chi connectivity index (χ1n) is 14.3. The van der Waals surface area contributed by atoms with Gasteiger partial charge in [-0.3, -0.25) is 33.8 Å². The third-order valence-corrected chi connectivity index (χ3v) is 6.56. The van der Waals surface area contributed by atoms with Crippen molar-refractivity contribution < 1.29 is 33.9 Å². The number of carbonyl (C=O) groups is 6. The molecule has 1 heterocycles. The van der Waals surface area contributed by atoms with Crippen LogP contribution in [0.25, 0.3) is 0 Å². The van der Waals surface area contributed by atoms with Gasteiger partial charge in [0.2, 0.25) is 35.4 Å². The molecule has 6 amide bonds. The summed E-state index contributed by atoms with van der Waals surface area (Å²) in [6, 6.07) is 0.809. The van der Waals surface area contributed by atoms with Crippen LogP contribution in [0.3, 0.4) is 0 Å². The molecule has 0 fully saturated rings. The maximum absolute atomic E-state index is 13.4. The maximum Gasteiger partial charge on any atom is 0.243 e. The number of imidazole rings is 1. The predicted molar refractivity (Wildman–Crippen MR) is 165 cm³/mol. The van der Waals surface area contributed by atoms with Gasteiger partial charge in [-0.25, -0.2) is 4.98 Å². The molecule has 0 saturated heterocycles. The Kier molecular flexibility index (Phi) is 14.4. The normalized spacial score (nSPS) is 13.2. The number of unbranched alkanes of at least 4 members (excludes halogenated alkanes) is 1. The van der Waals surface area contributed by atoms with Crippen LogP contribution in [-0.4, -0.2) is 87.2 Å². The summed E-state index contributed by atoms with van der Waals surface area (Å²) in [6.45, 7) is 1.67. The molecule has 0 spiro atoms. The number of hydrogen-bond donors (Lipinski definition) is 10. The van der Waals surface area contributed by atoms with Crippen LogP contribution in [0.5, 0.6) is 5.75 Å². The number of aromatic nitrogens is 2. The van der Waals surface area contributed by atoms with E-state index >= 15 is 0 Å². The summed E-state index contributed by atoms with van der Waals surface area (Å²) in [6.07, 6.45) is 3.12. The molecule has 14 N–H and O–H groups in total. The van der Waals surface area contributed by atoms with E-state index in [4.69, 9.17) is 22.9 Å². The largest absolute Gasteiger partial charge is 0.508 e. The van der Waals surface area contributed by atoms with Gasteiger partial charge in [0, 0.05) is 37.7 Å². The van der Waals surface area contributed by atoms with Gasteiger partial charge in [-0.05, 0) is 37.5 Å². The third-order valence-electron chi connectivity index (χ3n) is 6.56. The number of aliphatic imine (C=N–C) groups is 1. The van der Waals surface area contributed by atoms with Crippen molar-refractivity contribution in [1.29, 1.82) is 0 Å². The number of guanidine groups is 1. The Labute approximate surface area is 264 Å². The SMILES string of the molecule is CC(NC(=O)C(Cc1ccc(O)cc1)NC(=O)C(CC(N)=O)NC(=O)CCCCN=C(N)N)C(=O)NC(Cc1cnc[nH]1)C(N)=O. The van der Waals surface area contributed by atoms with Crippen LogP contribution in [0.4, 0.5) is 0 Å². The van der Waals surface area contributed by atoms with E-state index < -0.39 is 66.0 Å². The molecule has 1 aromatic heterocycles. The average molecular weight is 644 g/mol. The number of nitrogens with two attached hydrogens (primary N) is 4. The highest BCUT2D eigenvalue weighted by molar-refractivity contribution is 5.96. The van der Waals surface area contributed by atoms with E-state index in [9.17, 15) is 33.9 Å². The number of nitrogens with one attached hydrogen (secondary N) is 5. The van der Waals surface area contributed by atoms with E-state index in [0.717, 1.165) is 0 Å². The van der Waals surface area contributed by atoms with Gasteiger partial charge in [0.25, 0.3) is 0 Å². The molecule has 4 unspecified atom stereocenters. The molecule has 1 aromatic carbocycles. The number of nitrogens with zero attached hydrogens (tertiary/aromatic N) is 2. The Morgan fingerprint density at radius 3 is 2.09 bits per heavy atom. The minimum Gasteiger partial charge on any atom is -0.508 e. The van der Waals surface area contributed by atoms with Crippen LogP contribution < -0.4 is 44.2 Å². The smallest absolute Gasteiger partial charge is 0.243 e. The molecule has 250 valence electrons. The van der Waals surface area contributed by atoms with E-state index in [1.807, 2.05) is 0 Å². The lowest BCUT2D eigenvalue weighted by atomic mass is 10.0. The molecule has 0 aliphatic carbocycles. The number of aromatic hydroxyl groups is 1. The Morgan fingerprint density at radius 2 is 1.50 bits per heavy atom. The number of aromatic amines is 1. The predicted octanol–water partition coefficient (Wildman–Crippen LogP) is -3.34. The molecule has 0 aliphatic heterocycles. The molecule has 4 atom stereocenters. The summed E-state index contributed by atoms with van der Waals surface area (Å²) in [5, 5.41) is 19.6. The average Bonchev–Trinajstić information content (AvgIpc) is 3.49. The molecule has 0 radical (unpaired) electrons. The fourth-order valence-corrected chi connectivity index (χ4v) is 4.15. The molecule has 0 aliphatic rings. The van der Waals surface area contributed by atoms with Gasteiger partial charge in [0.05, 0.1) is 12.7 Å². The van der Waals surface area contributed by atoms with Gasteiger partial charge in [0.15, 0.2) is 5.96 Å². The van der Waals surface area contributed by atoms with Crippen molar-refractivity contribution in [1.82, 2.24) is 31.2 Å². The van der Waals surface area contributed by atoms with Gasteiger partial charge in [-0.15, -0.1) is 0 Å². The number of H-pyrrole nitrogens is 1. The molecule has 2 rings (SSSR count). The van der Waals surface area contributed by atoms with Crippen LogP contribution in [0.1, 0.15) is 43.9 Å². The molecule has 2 aromatic rings. The second kappa shape index (κ2) is 18.2. The number of hydrogen-bond acceptors (Lipinski definition) is 9. The lowest BCUT2D eigenvalue weighted by Crippen LogP contribution is -2.58. The Morgan fingerprint density at radius 1 is 0.848 bits per heavy atom. The number of phenols is 1. The third kappa shape index (κ3) is 13.3. The quantitative estimate of drug-likeness (QED) is 0.0412. The Hall–Kier alpha value is -5.68. The minimum atomic E-state index is -1.41. The first kappa shape index (κ1) is 36.5. The van der Waals surface area contributed by atoms with Gasteiger partial charge < -0.3 is 54.3 Å². The van der Waals surface area contributed by atoms with Crippen LogP contribution in [-0.2, 0) is 41.6 Å². The highest BCUT2D eigenvalue weighted by atomic mass is 16.3. The van der Waals surface area contributed by atoms with Crippen molar-refractivity contribution >= 4 is 41.4 Å². The van der Waals surface area contributed by atoms with E-state index in [-0.39, 0.29) is 31.0 Å². The first-order chi connectivity index (χ1) is 21.7. The Bertz CT molecular complexity index is 1380. The summed E-state index contributed by atoms with van der Waals surface area (Å²) < 4.78 is 0. The van der Waals surface area contributed by atoms with Crippen molar-refractivity contribution in [3.8, 4) is 5.75 Å². The second-order valence-electron chi connectivity index (χ2n) is 10.5. The maximum atomic E-state index is 13.4. The zero-order valence-corrected chi connectivity index (χ0v) is 25.3. The van der Waals surface area contributed by atoms with Crippen molar-refractivity contribution in [3.05, 3.63) is 48.0 Å². The fourth-order valence-electron chi connectivity index (χ4n) is 4.15. The van der Waals surface area contributed by atoms with Crippen LogP contribution in [0.2, 0.25) is 0 Å². The van der Waals surface area contributed by atoms with E-state index in [2.05, 4.69) is 36.2 Å². The van der Waals surface area contributed by atoms with Gasteiger partial charge in [0.1, 0.15) is 29.9 Å². The monoisotopic (exact) mass is 643 g/mol. The molecule has 46 heavy (non-hydrogen) atoms. The van der Waals surface area contributed by atoms with Crippen LogP contribution in [0.15, 0.2) is 41.8 Å². The summed E-state index contributed by atoms with van der Waals surface area (Å²) in [4.78, 5) is 86.2. The summed E-state index contributed by atoms with van der Waals surface area (Å²) >= 11 is 0. The van der Waals surface area contributed by atoms with Gasteiger partial charge in [-0.2, -0.15) is 0 Å². The molecule has 18 nitrogen and oxygen atoms in total.